The number of nitrogens with one attached hydrogen (secondary N) is 1. The maximum Gasteiger partial charge on any atom is 0.111 e. The minimum absolute atomic E-state index is 0.305. The Morgan fingerprint density at radius 2 is 1.50 bits per heavy atom. The van der Waals surface area contributed by atoms with Gasteiger partial charge in [0.2, 0.25) is 0 Å². The zero-order chi connectivity index (χ0) is 16.4. The number of aliphatic hydroxyl groups is 4. The van der Waals surface area contributed by atoms with E-state index in [-0.39, 0.29) is 6.61 Å². The molecule has 0 aromatic heterocycles. The largest absolute Gasteiger partial charge is 0.392 e. The minimum Gasteiger partial charge on any atom is -0.392 e. The molecule has 0 amide bonds. The third-order valence-electron chi connectivity index (χ3n) is 4.41. The van der Waals surface area contributed by atoms with Crippen LogP contribution in [0.15, 0.2) is 11.6 Å². The van der Waals surface area contributed by atoms with Crippen molar-refractivity contribution in [2.24, 2.45) is 0 Å². The highest BCUT2D eigenvalue weighted by atomic mass is 16.4. The molecule has 0 bridgehead atoms. The molecule has 1 aliphatic carbocycles. The van der Waals surface area contributed by atoms with E-state index in [2.05, 4.69) is 12.2 Å². The molecule has 0 unspecified atom stereocenters. The smallest absolute Gasteiger partial charge is 0.111 e. The predicted molar refractivity (Wildman–Crippen MR) is 87.6 cm³/mol. The van der Waals surface area contributed by atoms with E-state index in [1.54, 1.807) is 6.08 Å². The van der Waals surface area contributed by atoms with Crippen LogP contribution in [-0.2, 0) is 0 Å². The molecule has 1 aliphatic rings. The molecule has 5 N–H and O–H groups in total. The summed E-state index contributed by atoms with van der Waals surface area (Å²) in [7, 11) is 0. The van der Waals surface area contributed by atoms with Gasteiger partial charge in [0.25, 0.3) is 0 Å². The van der Waals surface area contributed by atoms with E-state index in [0.717, 1.165) is 19.4 Å². The maximum absolute atomic E-state index is 9.95. The van der Waals surface area contributed by atoms with Crippen molar-refractivity contribution in [3.8, 4) is 0 Å². The molecule has 5 nitrogen and oxygen atoms in total. The number of hydrogen-bond acceptors (Lipinski definition) is 5. The molecule has 0 spiro atoms. The van der Waals surface area contributed by atoms with Crippen LogP contribution in [0.25, 0.3) is 0 Å². The first-order chi connectivity index (χ1) is 10.6. The van der Waals surface area contributed by atoms with E-state index in [9.17, 15) is 15.3 Å². The van der Waals surface area contributed by atoms with Crippen LogP contribution in [0.3, 0.4) is 0 Å². The second-order valence-electron chi connectivity index (χ2n) is 6.28. The Morgan fingerprint density at radius 1 is 0.909 bits per heavy atom. The zero-order valence-corrected chi connectivity index (χ0v) is 13.7. The average Bonchev–Trinajstić information content (AvgIpc) is 2.53. The topological polar surface area (TPSA) is 93.0 Å². The molecular weight excluding hydrogens is 282 g/mol. The standard InChI is InChI=1S/C17H33NO4/c1-2-3-4-5-6-7-8-9-10-18-14-11-13(12-19)15(20)17(22)16(14)21/h11,14-22H,2-10,12H2,1H3/t14-,15+,16+,17+/m1/s1. The first-order valence-corrected chi connectivity index (χ1v) is 8.70. The summed E-state index contributed by atoms with van der Waals surface area (Å²) in [6.45, 7) is 2.67. The fourth-order valence-electron chi connectivity index (χ4n) is 2.90. The van der Waals surface area contributed by atoms with Crippen molar-refractivity contribution in [1.29, 1.82) is 0 Å². The van der Waals surface area contributed by atoms with Gasteiger partial charge in [0.05, 0.1) is 12.6 Å². The quantitative estimate of drug-likeness (QED) is 0.291. The maximum atomic E-state index is 9.95. The van der Waals surface area contributed by atoms with Gasteiger partial charge >= 0.3 is 0 Å². The number of aliphatic hydroxyl groups excluding tert-OH is 4. The highest BCUT2D eigenvalue weighted by molar-refractivity contribution is 5.21. The van der Waals surface area contributed by atoms with Crippen molar-refractivity contribution >= 4 is 0 Å². The van der Waals surface area contributed by atoms with E-state index in [0.29, 0.717) is 5.57 Å². The van der Waals surface area contributed by atoms with Crippen molar-refractivity contribution in [1.82, 2.24) is 5.32 Å². The SMILES string of the molecule is CCCCCCCCCCN[C@@H]1C=C(CO)[C@H](O)[C@H](O)[C@H]1O. The lowest BCUT2D eigenvalue weighted by Crippen LogP contribution is -2.54. The summed E-state index contributed by atoms with van der Waals surface area (Å²) in [6, 6.07) is -0.412. The van der Waals surface area contributed by atoms with Crippen molar-refractivity contribution in [2.45, 2.75) is 82.6 Å². The lowest BCUT2D eigenvalue weighted by molar-refractivity contribution is -0.0641. The van der Waals surface area contributed by atoms with Gasteiger partial charge in [-0.15, -0.1) is 0 Å². The summed E-state index contributed by atoms with van der Waals surface area (Å²) < 4.78 is 0. The summed E-state index contributed by atoms with van der Waals surface area (Å²) in [5, 5.41) is 41.8. The van der Waals surface area contributed by atoms with Crippen LogP contribution >= 0.6 is 0 Å². The van der Waals surface area contributed by atoms with Gasteiger partial charge in [-0.2, -0.15) is 0 Å². The van der Waals surface area contributed by atoms with Crippen LogP contribution in [0.5, 0.6) is 0 Å². The number of rotatable bonds is 11. The zero-order valence-electron chi connectivity index (χ0n) is 13.7. The number of hydrogen-bond donors (Lipinski definition) is 5. The third kappa shape index (κ3) is 6.34. The molecule has 0 aromatic carbocycles. The Bertz CT molecular complexity index is 322. The highest BCUT2D eigenvalue weighted by Gasteiger charge is 2.36. The molecule has 0 aliphatic heterocycles. The molecule has 1 rings (SSSR count). The lowest BCUT2D eigenvalue weighted by Gasteiger charge is -2.34. The molecule has 4 atom stereocenters. The first-order valence-electron chi connectivity index (χ1n) is 8.70. The summed E-state index contributed by atoms with van der Waals surface area (Å²) in [5.41, 5.74) is 0.367. The molecule has 0 saturated heterocycles. The predicted octanol–water partition coefficient (Wildman–Crippen LogP) is 1.10. The van der Waals surface area contributed by atoms with Crippen LogP contribution in [-0.4, -0.2) is 57.9 Å². The van der Waals surface area contributed by atoms with Crippen LogP contribution in [0.4, 0.5) is 0 Å². The van der Waals surface area contributed by atoms with Crippen molar-refractivity contribution in [2.75, 3.05) is 13.2 Å². The summed E-state index contributed by atoms with van der Waals surface area (Å²) in [5.74, 6) is 0. The van der Waals surface area contributed by atoms with Crippen molar-refractivity contribution < 1.29 is 20.4 Å². The molecule has 0 saturated carbocycles. The highest BCUT2D eigenvalue weighted by Crippen LogP contribution is 2.20. The van der Waals surface area contributed by atoms with Crippen LogP contribution in [0.2, 0.25) is 0 Å². The molecule has 22 heavy (non-hydrogen) atoms. The van der Waals surface area contributed by atoms with Gasteiger partial charge in [-0.1, -0.05) is 57.9 Å². The molecular formula is C17H33NO4. The monoisotopic (exact) mass is 315 g/mol. The first kappa shape index (κ1) is 19.6. The third-order valence-corrected chi connectivity index (χ3v) is 4.41. The molecule has 0 heterocycles. The van der Waals surface area contributed by atoms with Crippen molar-refractivity contribution in [3.05, 3.63) is 11.6 Å². The van der Waals surface area contributed by atoms with Crippen molar-refractivity contribution in [3.63, 3.8) is 0 Å². The van der Waals surface area contributed by atoms with E-state index in [1.807, 2.05) is 0 Å². The fourth-order valence-corrected chi connectivity index (χ4v) is 2.90. The van der Waals surface area contributed by atoms with Crippen LogP contribution in [0.1, 0.15) is 58.3 Å². The summed E-state index contributed by atoms with van der Waals surface area (Å²) in [6.07, 6.45) is 8.11. The van der Waals surface area contributed by atoms with Gasteiger partial charge in [-0.3, -0.25) is 0 Å². The van der Waals surface area contributed by atoms with Gasteiger partial charge in [0, 0.05) is 0 Å². The second-order valence-corrected chi connectivity index (χ2v) is 6.28. The van der Waals surface area contributed by atoms with E-state index >= 15 is 0 Å². The van der Waals surface area contributed by atoms with E-state index < -0.39 is 24.4 Å². The van der Waals surface area contributed by atoms with Gasteiger partial charge in [-0.05, 0) is 18.5 Å². The molecule has 0 aromatic rings. The summed E-state index contributed by atoms with van der Waals surface area (Å²) in [4.78, 5) is 0. The second kappa shape index (κ2) is 11.1. The Hall–Kier alpha value is -0.460. The summed E-state index contributed by atoms with van der Waals surface area (Å²) >= 11 is 0. The van der Waals surface area contributed by atoms with Gasteiger partial charge < -0.3 is 25.7 Å². The molecule has 5 heteroatoms. The Labute approximate surface area is 134 Å². The average molecular weight is 315 g/mol. The van der Waals surface area contributed by atoms with Gasteiger partial charge in [0.15, 0.2) is 0 Å². The number of unbranched alkanes of at least 4 members (excludes halogenated alkanes) is 7. The normalized spacial score (nSPS) is 28.7. The fraction of sp³-hybridized carbons (Fsp3) is 0.882. The van der Waals surface area contributed by atoms with E-state index in [4.69, 9.17) is 5.11 Å². The molecule has 0 radical (unpaired) electrons. The van der Waals surface area contributed by atoms with Gasteiger partial charge in [-0.25, -0.2) is 0 Å². The van der Waals surface area contributed by atoms with Gasteiger partial charge in [0.1, 0.15) is 18.3 Å². The Balaban J connectivity index is 2.17. The molecule has 130 valence electrons. The molecule has 0 fully saturated rings. The Kier molecular flexibility index (Phi) is 9.91. The van der Waals surface area contributed by atoms with E-state index in [1.165, 1.54) is 38.5 Å². The minimum atomic E-state index is -1.25. The lowest BCUT2D eigenvalue weighted by atomic mass is 9.88. The Morgan fingerprint density at radius 3 is 2.09 bits per heavy atom. The van der Waals surface area contributed by atoms with Crippen LogP contribution in [0, 0.1) is 0 Å². The van der Waals surface area contributed by atoms with Crippen LogP contribution < -0.4 is 5.32 Å².